The smallest absolute Gasteiger partial charge is 0.411 e. The van der Waals surface area contributed by atoms with Gasteiger partial charge in [-0.3, -0.25) is 9.69 Å². The van der Waals surface area contributed by atoms with Gasteiger partial charge in [0, 0.05) is 0 Å². The lowest BCUT2D eigenvalue weighted by molar-refractivity contribution is -0.145. The number of carbonyl (C=O) groups is 2. The molecule has 32 heavy (non-hydrogen) atoms. The average molecular weight is 434 g/mol. The summed E-state index contributed by atoms with van der Waals surface area (Å²) in [6.45, 7) is 1.57. The Labute approximate surface area is 188 Å². The van der Waals surface area contributed by atoms with Gasteiger partial charge in [-0.15, -0.1) is 0 Å². The molecule has 0 aliphatic carbocycles. The van der Waals surface area contributed by atoms with Crippen molar-refractivity contribution in [2.75, 3.05) is 13.2 Å². The number of aliphatic hydroxyl groups is 1. The van der Waals surface area contributed by atoms with Crippen LogP contribution in [0.25, 0.3) is 0 Å². The van der Waals surface area contributed by atoms with Gasteiger partial charge in [-0.2, -0.15) is 0 Å². The van der Waals surface area contributed by atoms with Crippen molar-refractivity contribution in [1.82, 2.24) is 4.90 Å². The van der Waals surface area contributed by atoms with Gasteiger partial charge in [-0.05, 0) is 23.6 Å². The molecule has 3 rings (SSSR count). The largest absolute Gasteiger partial charge is 0.465 e. The van der Waals surface area contributed by atoms with E-state index in [0.717, 1.165) is 5.56 Å². The van der Waals surface area contributed by atoms with E-state index in [1.165, 1.54) is 4.90 Å². The van der Waals surface area contributed by atoms with E-state index < -0.39 is 24.2 Å². The van der Waals surface area contributed by atoms with Gasteiger partial charge < -0.3 is 14.6 Å². The van der Waals surface area contributed by atoms with E-state index in [9.17, 15) is 14.7 Å². The zero-order chi connectivity index (χ0) is 22.8. The Kier molecular flexibility index (Phi) is 8.40. The summed E-state index contributed by atoms with van der Waals surface area (Å²) in [5.41, 5.74) is 2.10. The number of ether oxygens (including phenoxy) is 2. The van der Waals surface area contributed by atoms with Crippen LogP contribution in [-0.2, 0) is 20.9 Å². The number of rotatable bonds is 9. The minimum Gasteiger partial charge on any atom is -0.465 e. The van der Waals surface area contributed by atoms with Crippen LogP contribution in [-0.4, -0.2) is 35.2 Å². The molecule has 0 fully saturated rings. The summed E-state index contributed by atoms with van der Waals surface area (Å²) in [5.74, 6) is -0.578. The SMILES string of the molecule is CCOC(=O)CN(C(=O)OCc1ccccc1)[C@@H](c1ccccc1)[C@H](O)c1ccccc1. The van der Waals surface area contributed by atoms with Crippen LogP contribution >= 0.6 is 0 Å². The van der Waals surface area contributed by atoms with Crippen LogP contribution in [0, 0.1) is 0 Å². The van der Waals surface area contributed by atoms with E-state index in [1.54, 1.807) is 31.2 Å². The first-order valence-electron chi connectivity index (χ1n) is 10.5. The molecule has 0 aromatic heterocycles. The highest BCUT2D eigenvalue weighted by Crippen LogP contribution is 2.34. The highest BCUT2D eigenvalue weighted by molar-refractivity contribution is 5.78. The van der Waals surface area contributed by atoms with Crippen molar-refractivity contribution in [3.8, 4) is 0 Å². The van der Waals surface area contributed by atoms with Crippen LogP contribution in [0.1, 0.15) is 35.8 Å². The number of nitrogens with zero attached hydrogens (tertiary/aromatic N) is 1. The zero-order valence-electron chi connectivity index (χ0n) is 18.0. The van der Waals surface area contributed by atoms with Crippen LogP contribution in [0.4, 0.5) is 4.79 Å². The Morgan fingerprint density at radius 2 is 1.34 bits per heavy atom. The second-order valence-corrected chi connectivity index (χ2v) is 7.18. The number of esters is 1. The summed E-state index contributed by atoms with van der Waals surface area (Å²) >= 11 is 0. The molecule has 0 heterocycles. The maximum atomic E-state index is 13.2. The molecule has 3 aromatic carbocycles. The summed E-state index contributed by atoms with van der Waals surface area (Å²) in [5, 5.41) is 11.3. The Hall–Kier alpha value is -3.64. The molecule has 0 saturated carbocycles. The van der Waals surface area contributed by atoms with Crippen molar-refractivity contribution < 1.29 is 24.2 Å². The van der Waals surface area contributed by atoms with E-state index in [-0.39, 0.29) is 19.8 Å². The van der Waals surface area contributed by atoms with Gasteiger partial charge in [-0.1, -0.05) is 91.0 Å². The standard InChI is InChI=1S/C26H27NO5/c1-2-31-23(28)18-27(26(30)32-19-20-12-6-3-7-13-20)24(21-14-8-4-9-15-21)25(29)22-16-10-5-11-17-22/h3-17,24-25,29H,2,18-19H2,1H3/t24-,25+/m0/s1. The molecular weight excluding hydrogens is 406 g/mol. The van der Waals surface area contributed by atoms with Crippen molar-refractivity contribution in [3.05, 3.63) is 108 Å². The summed E-state index contributed by atoms with van der Waals surface area (Å²) in [4.78, 5) is 26.8. The van der Waals surface area contributed by atoms with E-state index in [1.807, 2.05) is 66.7 Å². The first-order valence-corrected chi connectivity index (χ1v) is 10.5. The number of benzene rings is 3. The molecule has 166 valence electrons. The van der Waals surface area contributed by atoms with Crippen LogP contribution in [0.3, 0.4) is 0 Å². The van der Waals surface area contributed by atoms with Crippen LogP contribution in [0.5, 0.6) is 0 Å². The van der Waals surface area contributed by atoms with E-state index in [0.29, 0.717) is 11.1 Å². The predicted octanol–water partition coefficient (Wildman–Crippen LogP) is 4.66. The van der Waals surface area contributed by atoms with Gasteiger partial charge >= 0.3 is 12.1 Å². The lowest BCUT2D eigenvalue weighted by Crippen LogP contribution is -2.42. The molecule has 1 N–H and O–H groups in total. The maximum absolute atomic E-state index is 13.2. The fraction of sp³-hybridized carbons (Fsp3) is 0.231. The molecule has 0 bridgehead atoms. The van der Waals surface area contributed by atoms with Crippen molar-refractivity contribution in [2.45, 2.75) is 25.7 Å². The highest BCUT2D eigenvalue weighted by atomic mass is 16.6. The van der Waals surface area contributed by atoms with Gasteiger partial charge in [0.05, 0.1) is 12.6 Å². The second kappa shape index (κ2) is 11.7. The first kappa shape index (κ1) is 23.0. The molecule has 2 atom stereocenters. The Morgan fingerprint density at radius 3 is 1.91 bits per heavy atom. The number of hydrogen-bond acceptors (Lipinski definition) is 5. The monoisotopic (exact) mass is 433 g/mol. The highest BCUT2D eigenvalue weighted by Gasteiger charge is 2.35. The number of aliphatic hydroxyl groups excluding tert-OH is 1. The summed E-state index contributed by atoms with van der Waals surface area (Å²) in [6.07, 6.45) is -1.80. The van der Waals surface area contributed by atoms with Crippen molar-refractivity contribution >= 4 is 12.1 Å². The van der Waals surface area contributed by atoms with Gasteiger partial charge in [-0.25, -0.2) is 4.79 Å². The Morgan fingerprint density at radius 1 is 0.812 bits per heavy atom. The molecule has 0 aliphatic heterocycles. The summed E-state index contributed by atoms with van der Waals surface area (Å²) in [7, 11) is 0. The van der Waals surface area contributed by atoms with E-state index in [2.05, 4.69) is 0 Å². The minimum absolute atomic E-state index is 0.0436. The first-order chi connectivity index (χ1) is 15.6. The van der Waals surface area contributed by atoms with Gasteiger partial charge in [0.25, 0.3) is 0 Å². The second-order valence-electron chi connectivity index (χ2n) is 7.18. The van der Waals surface area contributed by atoms with E-state index >= 15 is 0 Å². The fourth-order valence-electron chi connectivity index (χ4n) is 3.44. The van der Waals surface area contributed by atoms with Gasteiger partial charge in [0.1, 0.15) is 19.3 Å². The van der Waals surface area contributed by atoms with Gasteiger partial charge in [0.15, 0.2) is 0 Å². The zero-order valence-corrected chi connectivity index (χ0v) is 18.0. The van der Waals surface area contributed by atoms with Crippen LogP contribution < -0.4 is 0 Å². The predicted molar refractivity (Wildman–Crippen MR) is 121 cm³/mol. The van der Waals surface area contributed by atoms with E-state index in [4.69, 9.17) is 9.47 Å². The van der Waals surface area contributed by atoms with Crippen molar-refractivity contribution in [1.29, 1.82) is 0 Å². The third-order valence-electron chi connectivity index (χ3n) is 4.96. The lowest BCUT2D eigenvalue weighted by atomic mass is 9.94. The number of amides is 1. The molecule has 6 heteroatoms. The topological polar surface area (TPSA) is 76.1 Å². The van der Waals surface area contributed by atoms with Crippen molar-refractivity contribution in [3.63, 3.8) is 0 Å². The van der Waals surface area contributed by atoms with Crippen molar-refractivity contribution in [2.24, 2.45) is 0 Å². The molecular formula is C26H27NO5. The fourth-order valence-corrected chi connectivity index (χ4v) is 3.44. The molecule has 1 amide bonds. The Bertz CT molecular complexity index is 979. The quantitative estimate of drug-likeness (QED) is 0.497. The molecule has 0 aliphatic rings. The third-order valence-corrected chi connectivity index (χ3v) is 4.96. The maximum Gasteiger partial charge on any atom is 0.411 e. The van der Waals surface area contributed by atoms with Crippen LogP contribution in [0.15, 0.2) is 91.0 Å². The van der Waals surface area contributed by atoms with Crippen LogP contribution in [0.2, 0.25) is 0 Å². The van der Waals surface area contributed by atoms with Gasteiger partial charge in [0.2, 0.25) is 0 Å². The number of hydrogen-bond donors (Lipinski definition) is 1. The third kappa shape index (κ3) is 6.18. The summed E-state index contributed by atoms with van der Waals surface area (Å²) in [6, 6.07) is 26.5. The molecule has 0 radical (unpaired) electrons. The normalized spacial score (nSPS) is 12.4. The molecule has 3 aromatic rings. The molecule has 0 spiro atoms. The average Bonchev–Trinajstić information content (AvgIpc) is 2.84. The Balaban J connectivity index is 1.94. The summed E-state index contributed by atoms with van der Waals surface area (Å²) < 4.78 is 10.6. The number of carbonyl (C=O) groups excluding carboxylic acids is 2. The lowest BCUT2D eigenvalue weighted by Gasteiger charge is -2.34. The molecule has 6 nitrogen and oxygen atoms in total. The minimum atomic E-state index is -1.09. The molecule has 0 saturated heterocycles. The molecule has 0 unspecified atom stereocenters.